The zero-order valence-corrected chi connectivity index (χ0v) is 13.4. The number of imidazole rings is 1. The Kier molecular flexibility index (Phi) is 5.15. The molecule has 1 aromatic heterocycles. The molecule has 1 amide bonds. The van der Waals surface area contributed by atoms with E-state index < -0.39 is 0 Å². The predicted molar refractivity (Wildman–Crippen MR) is 89.6 cm³/mol. The number of aromatic nitrogens is 2. The topological polar surface area (TPSA) is 57.8 Å². The van der Waals surface area contributed by atoms with Gasteiger partial charge in [0.2, 0.25) is 0 Å². The first-order chi connectivity index (χ1) is 10.4. The summed E-state index contributed by atoms with van der Waals surface area (Å²) in [7, 11) is 0. The van der Waals surface area contributed by atoms with Gasteiger partial charge in [-0.1, -0.05) is 45.1 Å². The average molecular weight is 297 g/mol. The van der Waals surface area contributed by atoms with Gasteiger partial charge in [-0.25, -0.2) is 4.98 Å². The number of benzene rings is 1. The number of carbonyl (C=O) groups excluding carboxylic acids is 1. The lowest BCUT2D eigenvalue weighted by Crippen LogP contribution is -2.25. The molecule has 1 aromatic carbocycles. The summed E-state index contributed by atoms with van der Waals surface area (Å²) in [6, 6.07) is 7.64. The Morgan fingerprint density at radius 1 is 1.27 bits per heavy atom. The van der Waals surface area contributed by atoms with Crippen molar-refractivity contribution in [3.05, 3.63) is 59.7 Å². The number of nitrogens with one attached hydrogen (secondary N) is 2. The first-order valence-corrected chi connectivity index (χ1v) is 7.49. The molecule has 0 radical (unpaired) electrons. The van der Waals surface area contributed by atoms with Crippen LogP contribution in [0.2, 0.25) is 0 Å². The summed E-state index contributed by atoms with van der Waals surface area (Å²) in [6.45, 7) is 7.06. The summed E-state index contributed by atoms with van der Waals surface area (Å²) in [5.41, 5.74) is 2.95. The summed E-state index contributed by atoms with van der Waals surface area (Å²) < 4.78 is 0. The number of aromatic amines is 1. The third kappa shape index (κ3) is 5.20. The van der Waals surface area contributed by atoms with Crippen molar-refractivity contribution >= 4 is 12.0 Å². The minimum absolute atomic E-state index is 0.0501. The fraction of sp³-hybridized carbons (Fsp3) is 0.333. The van der Waals surface area contributed by atoms with Crippen molar-refractivity contribution in [3.63, 3.8) is 0 Å². The van der Waals surface area contributed by atoms with E-state index in [9.17, 15) is 4.79 Å². The molecule has 2 rings (SSSR count). The van der Waals surface area contributed by atoms with Gasteiger partial charge in [-0.2, -0.15) is 0 Å². The Bertz CT molecular complexity index is 619. The highest BCUT2D eigenvalue weighted by molar-refractivity contribution is 5.94. The zero-order valence-electron chi connectivity index (χ0n) is 13.4. The second-order valence-corrected chi connectivity index (χ2v) is 6.40. The van der Waals surface area contributed by atoms with E-state index >= 15 is 0 Å². The minimum Gasteiger partial charge on any atom is -0.352 e. The first-order valence-electron chi connectivity index (χ1n) is 7.49. The van der Waals surface area contributed by atoms with Crippen LogP contribution in [0.5, 0.6) is 0 Å². The van der Waals surface area contributed by atoms with Gasteiger partial charge in [-0.3, -0.25) is 4.79 Å². The highest BCUT2D eigenvalue weighted by Crippen LogP contribution is 2.17. The number of H-pyrrole nitrogens is 1. The molecular formula is C18H23N3O. The van der Waals surface area contributed by atoms with Crippen molar-refractivity contribution in [3.8, 4) is 0 Å². The van der Waals surface area contributed by atoms with E-state index in [-0.39, 0.29) is 11.3 Å². The summed E-state index contributed by atoms with van der Waals surface area (Å²) in [5, 5.41) is 2.91. The summed E-state index contributed by atoms with van der Waals surface area (Å²) >= 11 is 0. The Balaban J connectivity index is 1.86. The molecule has 0 atom stereocenters. The lowest BCUT2D eigenvalue weighted by molar-refractivity contribution is 0.0954. The van der Waals surface area contributed by atoms with Crippen molar-refractivity contribution in [2.75, 3.05) is 6.54 Å². The molecule has 0 aliphatic carbocycles. The van der Waals surface area contributed by atoms with Gasteiger partial charge in [-0.05, 0) is 23.1 Å². The van der Waals surface area contributed by atoms with E-state index in [4.69, 9.17) is 0 Å². The second kappa shape index (κ2) is 7.07. The van der Waals surface area contributed by atoms with Gasteiger partial charge in [0.1, 0.15) is 0 Å². The predicted octanol–water partition coefficient (Wildman–Crippen LogP) is 3.44. The minimum atomic E-state index is -0.0501. The maximum atomic E-state index is 12.0. The highest BCUT2D eigenvalue weighted by Gasteiger charge is 2.06. The van der Waals surface area contributed by atoms with E-state index in [0.29, 0.717) is 12.1 Å². The van der Waals surface area contributed by atoms with Crippen LogP contribution in [-0.2, 0) is 6.42 Å². The zero-order chi connectivity index (χ0) is 16.0. The van der Waals surface area contributed by atoms with Crippen LogP contribution in [0.4, 0.5) is 0 Å². The van der Waals surface area contributed by atoms with Crippen LogP contribution in [0.3, 0.4) is 0 Å². The molecule has 0 unspecified atom stereocenters. The van der Waals surface area contributed by atoms with Crippen molar-refractivity contribution in [1.29, 1.82) is 0 Å². The summed E-state index contributed by atoms with van der Waals surface area (Å²) in [4.78, 5) is 19.0. The van der Waals surface area contributed by atoms with Crippen LogP contribution >= 0.6 is 0 Å². The molecule has 0 aliphatic rings. The van der Waals surface area contributed by atoms with Gasteiger partial charge in [0.05, 0.1) is 6.33 Å². The van der Waals surface area contributed by atoms with Crippen LogP contribution in [0.25, 0.3) is 6.08 Å². The van der Waals surface area contributed by atoms with Gasteiger partial charge < -0.3 is 10.3 Å². The van der Waals surface area contributed by atoms with Gasteiger partial charge in [0, 0.05) is 30.4 Å². The highest BCUT2D eigenvalue weighted by atomic mass is 16.1. The number of nitrogens with zero attached hydrogens (tertiary/aromatic N) is 1. The van der Waals surface area contributed by atoms with Gasteiger partial charge in [0.25, 0.3) is 5.91 Å². The standard InChI is InChI=1S/C18H23N3O/c1-18(2,3)10-8-14-4-6-15(7-5-14)17(22)20-11-9-16-12-19-13-21-16/h4-8,10,12-13H,9,11H2,1-3H3,(H,19,21)(H,20,22). The molecular weight excluding hydrogens is 274 g/mol. The van der Waals surface area contributed by atoms with Crippen molar-refractivity contribution in [2.24, 2.45) is 5.41 Å². The Labute approximate surface area is 131 Å². The quantitative estimate of drug-likeness (QED) is 0.888. The van der Waals surface area contributed by atoms with E-state index in [1.165, 1.54) is 0 Å². The fourth-order valence-electron chi connectivity index (χ4n) is 1.93. The molecule has 116 valence electrons. The average Bonchev–Trinajstić information content (AvgIpc) is 2.98. The molecule has 4 heteroatoms. The van der Waals surface area contributed by atoms with Crippen LogP contribution in [0.15, 0.2) is 42.9 Å². The lowest BCUT2D eigenvalue weighted by atomic mass is 9.95. The lowest BCUT2D eigenvalue weighted by Gasteiger charge is -2.11. The smallest absolute Gasteiger partial charge is 0.251 e. The number of rotatable bonds is 5. The number of amides is 1. The van der Waals surface area contributed by atoms with Crippen LogP contribution in [-0.4, -0.2) is 22.4 Å². The van der Waals surface area contributed by atoms with Crippen LogP contribution in [0.1, 0.15) is 42.4 Å². The Morgan fingerprint density at radius 3 is 2.59 bits per heavy atom. The maximum absolute atomic E-state index is 12.0. The van der Waals surface area contributed by atoms with E-state index in [1.54, 1.807) is 12.5 Å². The van der Waals surface area contributed by atoms with Gasteiger partial charge >= 0.3 is 0 Å². The number of hydrogen-bond donors (Lipinski definition) is 2. The van der Waals surface area contributed by atoms with E-state index in [1.807, 2.05) is 24.3 Å². The molecule has 0 bridgehead atoms. The van der Waals surface area contributed by atoms with Gasteiger partial charge in [-0.15, -0.1) is 0 Å². The molecule has 2 aromatic rings. The largest absolute Gasteiger partial charge is 0.352 e. The number of hydrogen-bond acceptors (Lipinski definition) is 2. The van der Waals surface area contributed by atoms with E-state index in [2.05, 4.69) is 48.2 Å². The summed E-state index contributed by atoms with van der Waals surface area (Å²) in [6.07, 6.45) is 8.40. The van der Waals surface area contributed by atoms with Crippen LogP contribution in [0, 0.1) is 5.41 Å². The molecule has 1 heterocycles. The molecule has 4 nitrogen and oxygen atoms in total. The Morgan fingerprint density at radius 2 is 2.00 bits per heavy atom. The second-order valence-electron chi connectivity index (χ2n) is 6.40. The van der Waals surface area contributed by atoms with Crippen molar-refractivity contribution in [1.82, 2.24) is 15.3 Å². The molecule has 0 fully saturated rings. The molecule has 0 aliphatic heterocycles. The normalized spacial score (nSPS) is 11.8. The molecule has 2 N–H and O–H groups in total. The fourth-order valence-corrected chi connectivity index (χ4v) is 1.93. The number of allylic oxidation sites excluding steroid dienone is 1. The number of carbonyl (C=O) groups is 1. The Hall–Kier alpha value is -2.36. The van der Waals surface area contributed by atoms with Crippen molar-refractivity contribution in [2.45, 2.75) is 27.2 Å². The molecule has 22 heavy (non-hydrogen) atoms. The third-order valence-electron chi connectivity index (χ3n) is 3.18. The third-order valence-corrected chi connectivity index (χ3v) is 3.18. The molecule has 0 saturated heterocycles. The van der Waals surface area contributed by atoms with Crippen LogP contribution < -0.4 is 5.32 Å². The molecule has 0 spiro atoms. The monoisotopic (exact) mass is 297 g/mol. The first kappa shape index (κ1) is 16.0. The maximum Gasteiger partial charge on any atom is 0.251 e. The van der Waals surface area contributed by atoms with E-state index in [0.717, 1.165) is 17.7 Å². The summed E-state index contributed by atoms with van der Waals surface area (Å²) in [5.74, 6) is -0.0501. The van der Waals surface area contributed by atoms with Gasteiger partial charge in [0.15, 0.2) is 0 Å². The molecule has 0 saturated carbocycles. The van der Waals surface area contributed by atoms with Crippen molar-refractivity contribution < 1.29 is 4.79 Å². The SMILES string of the molecule is CC(C)(C)C=Cc1ccc(C(=O)NCCc2cnc[nH]2)cc1.